The SMILES string of the molecule is CC(=O)N1c2ccc(-c3ccc(NS(C)(=O)=O)cc3)cc2N(C(=O)Oc2ccc(F)cc2F)CC1C. The molecule has 0 radical (unpaired) electrons. The number of nitrogens with one attached hydrogen (secondary N) is 1. The molecular weight excluding hydrogens is 492 g/mol. The van der Waals surface area contributed by atoms with Crippen molar-refractivity contribution in [1.82, 2.24) is 0 Å². The van der Waals surface area contributed by atoms with Gasteiger partial charge in [0.05, 0.1) is 23.7 Å². The maximum absolute atomic E-state index is 14.1. The molecule has 4 rings (SSSR count). The Hall–Kier alpha value is -3.99. The van der Waals surface area contributed by atoms with E-state index in [-0.39, 0.29) is 12.5 Å². The fourth-order valence-electron chi connectivity index (χ4n) is 4.11. The monoisotopic (exact) mass is 515 g/mol. The van der Waals surface area contributed by atoms with Crippen molar-refractivity contribution >= 4 is 39.1 Å². The van der Waals surface area contributed by atoms with Crippen molar-refractivity contribution in [3.05, 3.63) is 72.3 Å². The van der Waals surface area contributed by atoms with Crippen LogP contribution in [0.1, 0.15) is 13.8 Å². The molecule has 3 aromatic rings. The molecule has 2 amide bonds. The minimum atomic E-state index is -3.43. The predicted molar refractivity (Wildman–Crippen MR) is 133 cm³/mol. The van der Waals surface area contributed by atoms with Gasteiger partial charge >= 0.3 is 6.09 Å². The first kappa shape index (κ1) is 25.1. The lowest BCUT2D eigenvalue weighted by Gasteiger charge is -2.40. The topological polar surface area (TPSA) is 96.0 Å². The summed E-state index contributed by atoms with van der Waals surface area (Å²) in [6, 6.07) is 14.0. The molecule has 36 heavy (non-hydrogen) atoms. The van der Waals surface area contributed by atoms with Gasteiger partial charge in [0.25, 0.3) is 0 Å². The quantitative estimate of drug-likeness (QED) is 0.540. The van der Waals surface area contributed by atoms with E-state index in [4.69, 9.17) is 4.74 Å². The van der Waals surface area contributed by atoms with Crippen molar-refractivity contribution in [2.45, 2.75) is 19.9 Å². The molecule has 0 bridgehead atoms. The average Bonchev–Trinajstić information content (AvgIpc) is 2.79. The zero-order valence-electron chi connectivity index (χ0n) is 19.7. The number of halogens is 2. The van der Waals surface area contributed by atoms with Gasteiger partial charge in [-0.2, -0.15) is 0 Å². The molecule has 1 atom stereocenters. The van der Waals surface area contributed by atoms with Gasteiger partial charge in [-0.25, -0.2) is 22.0 Å². The third kappa shape index (κ3) is 5.30. The van der Waals surface area contributed by atoms with Crippen LogP contribution in [-0.4, -0.2) is 39.3 Å². The first-order valence-electron chi connectivity index (χ1n) is 10.9. The van der Waals surface area contributed by atoms with Gasteiger partial charge < -0.3 is 9.64 Å². The Morgan fingerprint density at radius 3 is 2.25 bits per heavy atom. The Kier molecular flexibility index (Phi) is 6.68. The van der Waals surface area contributed by atoms with Crippen LogP contribution in [0.4, 0.5) is 30.6 Å². The number of amides is 2. The fourth-order valence-corrected chi connectivity index (χ4v) is 4.67. The Morgan fingerprint density at radius 1 is 0.972 bits per heavy atom. The Morgan fingerprint density at radius 2 is 1.64 bits per heavy atom. The normalized spacial score (nSPS) is 15.3. The highest BCUT2D eigenvalue weighted by Crippen LogP contribution is 2.39. The molecule has 0 aliphatic carbocycles. The first-order valence-corrected chi connectivity index (χ1v) is 12.8. The maximum atomic E-state index is 14.1. The highest BCUT2D eigenvalue weighted by molar-refractivity contribution is 7.92. The summed E-state index contributed by atoms with van der Waals surface area (Å²) in [7, 11) is -3.43. The summed E-state index contributed by atoms with van der Waals surface area (Å²) in [4.78, 5) is 28.3. The molecular formula is C25H23F2N3O5S. The van der Waals surface area contributed by atoms with E-state index in [0.717, 1.165) is 24.0 Å². The average molecular weight is 516 g/mol. The molecule has 0 saturated carbocycles. The van der Waals surface area contributed by atoms with Gasteiger partial charge in [0.2, 0.25) is 15.9 Å². The summed E-state index contributed by atoms with van der Waals surface area (Å²) in [5.41, 5.74) is 2.64. The third-order valence-corrected chi connectivity index (χ3v) is 6.19. The van der Waals surface area contributed by atoms with E-state index >= 15 is 0 Å². The number of sulfonamides is 1. The molecule has 3 aromatic carbocycles. The molecule has 0 saturated heterocycles. The van der Waals surface area contributed by atoms with E-state index in [2.05, 4.69) is 4.72 Å². The number of carbonyl (C=O) groups is 2. The molecule has 0 fully saturated rings. The van der Waals surface area contributed by atoms with Crippen LogP contribution in [0.25, 0.3) is 11.1 Å². The second-order valence-corrected chi connectivity index (χ2v) is 10.2. The van der Waals surface area contributed by atoms with Gasteiger partial charge in [0.1, 0.15) is 5.82 Å². The largest absolute Gasteiger partial charge is 0.419 e. The van der Waals surface area contributed by atoms with E-state index in [1.54, 1.807) is 54.3 Å². The van der Waals surface area contributed by atoms with Gasteiger partial charge in [0, 0.05) is 25.2 Å². The van der Waals surface area contributed by atoms with Crippen LogP contribution in [0.15, 0.2) is 60.7 Å². The van der Waals surface area contributed by atoms with E-state index in [0.29, 0.717) is 28.7 Å². The Bertz CT molecular complexity index is 1440. The van der Waals surface area contributed by atoms with Crippen LogP contribution >= 0.6 is 0 Å². The van der Waals surface area contributed by atoms with Crippen molar-refractivity contribution in [3.63, 3.8) is 0 Å². The van der Waals surface area contributed by atoms with E-state index in [1.807, 2.05) is 0 Å². The molecule has 1 unspecified atom stereocenters. The molecule has 0 spiro atoms. The van der Waals surface area contributed by atoms with Gasteiger partial charge in [-0.3, -0.25) is 14.4 Å². The number of anilines is 3. The minimum absolute atomic E-state index is 0.0783. The molecule has 0 aromatic heterocycles. The second-order valence-electron chi connectivity index (χ2n) is 8.45. The molecule has 1 N–H and O–H groups in total. The number of rotatable bonds is 4. The maximum Gasteiger partial charge on any atom is 0.419 e. The lowest BCUT2D eigenvalue weighted by molar-refractivity contribution is -0.117. The van der Waals surface area contributed by atoms with Crippen molar-refractivity contribution in [2.24, 2.45) is 0 Å². The van der Waals surface area contributed by atoms with Gasteiger partial charge in [-0.05, 0) is 54.4 Å². The molecule has 1 aliphatic rings. The number of fused-ring (bicyclic) bond motifs is 1. The van der Waals surface area contributed by atoms with E-state index in [9.17, 15) is 26.8 Å². The van der Waals surface area contributed by atoms with Crippen molar-refractivity contribution in [1.29, 1.82) is 0 Å². The number of nitrogens with zero attached hydrogens (tertiary/aromatic N) is 2. The third-order valence-electron chi connectivity index (χ3n) is 5.59. The van der Waals surface area contributed by atoms with Crippen LogP contribution in [0.2, 0.25) is 0 Å². The van der Waals surface area contributed by atoms with Gasteiger partial charge in [0.15, 0.2) is 11.6 Å². The number of carbonyl (C=O) groups excluding carboxylic acids is 2. The fraction of sp³-hybridized carbons (Fsp3) is 0.200. The Labute approximate surface area is 207 Å². The van der Waals surface area contributed by atoms with Gasteiger partial charge in [-0.15, -0.1) is 0 Å². The number of ether oxygens (including phenoxy) is 1. The van der Waals surface area contributed by atoms with Crippen molar-refractivity contribution < 1.29 is 31.5 Å². The van der Waals surface area contributed by atoms with E-state index in [1.165, 1.54) is 11.8 Å². The summed E-state index contributed by atoms with van der Waals surface area (Å²) < 4.78 is 57.9. The first-order chi connectivity index (χ1) is 16.9. The van der Waals surface area contributed by atoms with Gasteiger partial charge in [-0.1, -0.05) is 18.2 Å². The highest BCUT2D eigenvalue weighted by atomic mass is 32.2. The van der Waals surface area contributed by atoms with Crippen molar-refractivity contribution in [2.75, 3.05) is 27.3 Å². The lowest BCUT2D eigenvalue weighted by Crippen LogP contribution is -2.52. The zero-order valence-corrected chi connectivity index (χ0v) is 20.5. The summed E-state index contributed by atoms with van der Waals surface area (Å²) in [5.74, 6) is -2.46. The summed E-state index contributed by atoms with van der Waals surface area (Å²) in [6.07, 6.45) is 0.166. The van der Waals surface area contributed by atoms with Crippen LogP contribution in [0.5, 0.6) is 5.75 Å². The zero-order chi connectivity index (χ0) is 26.2. The predicted octanol–water partition coefficient (Wildman–Crippen LogP) is 4.76. The van der Waals surface area contributed by atoms with Crippen LogP contribution in [-0.2, 0) is 14.8 Å². The Balaban J connectivity index is 1.72. The standard InChI is InChI=1S/C25H23F2N3O5S/c1-15-14-29(25(32)35-24-11-7-19(26)13-21(24)27)23-12-18(6-10-22(23)30(15)16(2)31)17-4-8-20(9-5-17)28-36(3,33)34/h4-13,15,28H,14H2,1-3H3. The second kappa shape index (κ2) is 9.57. The molecule has 1 heterocycles. The number of benzene rings is 3. The summed E-state index contributed by atoms with van der Waals surface area (Å²) >= 11 is 0. The highest BCUT2D eigenvalue weighted by Gasteiger charge is 2.35. The van der Waals surface area contributed by atoms with Crippen LogP contribution in [0, 0.1) is 11.6 Å². The summed E-state index contributed by atoms with van der Waals surface area (Å²) in [6.45, 7) is 3.27. The van der Waals surface area contributed by atoms with E-state index < -0.39 is 39.5 Å². The molecule has 11 heteroatoms. The molecule has 8 nitrogen and oxygen atoms in total. The van der Waals surface area contributed by atoms with Crippen LogP contribution < -0.4 is 19.3 Å². The lowest BCUT2D eigenvalue weighted by atomic mass is 10.0. The minimum Gasteiger partial charge on any atom is -0.407 e. The summed E-state index contributed by atoms with van der Waals surface area (Å²) in [5, 5.41) is 0. The molecule has 1 aliphatic heterocycles. The number of hydrogen-bond acceptors (Lipinski definition) is 5. The molecule has 188 valence electrons. The smallest absolute Gasteiger partial charge is 0.407 e. The number of hydrogen-bond donors (Lipinski definition) is 1. The van der Waals surface area contributed by atoms with Crippen LogP contribution in [0.3, 0.4) is 0 Å². The van der Waals surface area contributed by atoms with Crippen molar-refractivity contribution in [3.8, 4) is 16.9 Å².